The summed E-state index contributed by atoms with van der Waals surface area (Å²) in [5, 5.41) is 0. The van der Waals surface area contributed by atoms with Gasteiger partial charge in [0.15, 0.2) is 0 Å². The van der Waals surface area contributed by atoms with Gasteiger partial charge in [0.05, 0.1) is 0 Å². The van der Waals surface area contributed by atoms with E-state index in [4.69, 9.17) is 0 Å². The molecule has 12 heavy (non-hydrogen) atoms. The number of allylic oxidation sites excluding steroid dienone is 6. The van der Waals surface area contributed by atoms with E-state index in [1.165, 1.54) is 12.2 Å². The second-order valence-electron chi connectivity index (χ2n) is 2.31. The molecule has 1 rings (SSSR count). The third kappa shape index (κ3) is 4.06. The normalized spacial score (nSPS) is 16.2. The average Bonchev–Trinajstić information content (AvgIpc) is 2.16. The lowest BCUT2D eigenvalue weighted by Gasteiger charge is -1.88. The van der Waals surface area contributed by atoms with Crippen LogP contribution in [0.5, 0.6) is 0 Å². The largest absolute Gasteiger partial charge is 0.207 e. The summed E-state index contributed by atoms with van der Waals surface area (Å²) in [5.74, 6) is -1.01. The number of rotatable bonds is 0. The topological polar surface area (TPSA) is 0 Å². The monoisotopic (exact) mass is 172 g/mol. The zero-order chi connectivity index (χ0) is 9.56. The molecule has 2 heteroatoms. The quantitative estimate of drug-likeness (QED) is 0.516. The molecule has 0 atom stereocenters. The van der Waals surface area contributed by atoms with Crippen molar-refractivity contribution in [3.05, 3.63) is 35.5 Å². The third-order valence-corrected chi connectivity index (χ3v) is 1.28. The Bertz CT molecular complexity index is 222. The maximum absolute atomic E-state index is 12.4. The Hall–Kier alpha value is -0.920. The van der Waals surface area contributed by atoms with Crippen LogP contribution in [0.25, 0.3) is 0 Å². The molecule has 0 amide bonds. The van der Waals surface area contributed by atoms with Crippen LogP contribution in [0.15, 0.2) is 35.5 Å². The minimum absolute atomic E-state index is 0.495. The lowest BCUT2D eigenvalue weighted by atomic mass is 10.2. The summed E-state index contributed by atoms with van der Waals surface area (Å²) >= 11 is 0. The fourth-order valence-corrected chi connectivity index (χ4v) is 0.785. The van der Waals surface area contributed by atoms with E-state index in [1.807, 2.05) is 13.8 Å². The van der Waals surface area contributed by atoms with E-state index in [0.717, 1.165) is 11.6 Å². The molecule has 0 fully saturated rings. The van der Waals surface area contributed by atoms with Gasteiger partial charge in [0, 0.05) is 6.08 Å². The van der Waals surface area contributed by atoms with Gasteiger partial charge in [-0.15, -0.1) is 0 Å². The number of hydrogen-bond acceptors (Lipinski definition) is 0. The van der Waals surface area contributed by atoms with Crippen LogP contribution in [0.2, 0.25) is 0 Å². The predicted octanol–water partition coefficient (Wildman–Crippen LogP) is 4.07. The first kappa shape index (κ1) is 11.1. The first-order valence-electron chi connectivity index (χ1n) is 4.08. The first-order valence-corrected chi connectivity index (χ1v) is 4.08. The highest BCUT2D eigenvalue weighted by Crippen LogP contribution is 2.17. The molecule has 0 unspecified atom stereocenters. The lowest BCUT2D eigenvalue weighted by molar-refractivity contribution is 0.632. The van der Waals surface area contributed by atoms with Crippen molar-refractivity contribution in [3.8, 4) is 0 Å². The Morgan fingerprint density at radius 3 is 2.25 bits per heavy atom. The van der Waals surface area contributed by atoms with Crippen molar-refractivity contribution in [1.82, 2.24) is 0 Å². The summed E-state index contributed by atoms with van der Waals surface area (Å²) < 4.78 is 24.8. The third-order valence-electron chi connectivity index (χ3n) is 1.28. The van der Waals surface area contributed by atoms with E-state index in [9.17, 15) is 8.78 Å². The molecular weight excluding hydrogens is 158 g/mol. The highest BCUT2D eigenvalue weighted by molar-refractivity contribution is 5.29. The van der Waals surface area contributed by atoms with Gasteiger partial charge in [-0.2, -0.15) is 0 Å². The van der Waals surface area contributed by atoms with Gasteiger partial charge in [-0.25, -0.2) is 8.78 Å². The average molecular weight is 172 g/mol. The highest BCUT2D eigenvalue weighted by Gasteiger charge is 1.99. The highest BCUT2D eigenvalue weighted by atomic mass is 19.1. The molecule has 0 nitrogen and oxygen atoms in total. The van der Waals surface area contributed by atoms with Crippen molar-refractivity contribution in [1.29, 1.82) is 0 Å². The molecule has 0 saturated heterocycles. The Morgan fingerprint density at radius 2 is 1.67 bits per heavy atom. The van der Waals surface area contributed by atoms with Gasteiger partial charge < -0.3 is 0 Å². The van der Waals surface area contributed by atoms with Crippen LogP contribution < -0.4 is 0 Å². The number of hydrogen-bond donors (Lipinski definition) is 0. The summed E-state index contributed by atoms with van der Waals surface area (Å²) in [7, 11) is 0. The zero-order valence-corrected chi connectivity index (χ0v) is 7.70. The van der Waals surface area contributed by atoms with Crippen LogP contribution in [0.4, 0.5) is 8.78 Å². The van der Waals surface area contributed by atoms with Crippen LogP contribution in [-0.4, -0.2) is 0 Å². The predicted molar refractivity (Wildman–Crippen MR) is 48.1 cm³/mol. The minimum atomic E-state index is -0.510. The fourth-order valence-electron chi connectivity index (χ4n) is 0.785. The van der Waals surface area contributed by atoms with Crippen molar-refractivity contribution < 1.29 is 8.78 Å². The van der Waals surface area contributed by atoms with E-state index >= 15 is 0 Å². The fraction of sp³-hybridized carbons (Fsp3) is 0.400. The van der Waals surface area contributed by atoms with Gasteiger partial charge in [0.1, 0.15) is 11.7 Å². The molecule has 1 aliphatic carbocycles. The Morgan fingerprint density at radius 1 is 1.08 bits per heavy atom. The molecule has 0 spiro atoms. The molecule has 1 aliphatic rings. The van der Waals surface area contributed by atoms with Crippen LogP contribution >= 0.6 is 0 Å². The lowest BCUT2D eigenvalue weighted by Crippen LogP contribution is -1.69. The summed E-state index contributed by atoms with van der Waals surface area (Å²) in [6, 6.07) is 0. The standard InChI is InChI=1S/C8H8F2.C2H6/c1-6-2-3-7(9)5-8(10)4-6;1-2/h3-5H,2H2,1H3;1-2H3. The molecule has 0 aromatic carbocycles. The van der Waals surface area contributed by atoms with E-state index in [1.54, 1.807) is 6.92 Å². The molecule has 0 N–H and O–H groups in total. The second kappa shape index (κ2) is 5.70. The maximum Gasteiger partial charge on any atom is 0.126 e. The molecular formula is C10H14F2. The Kier molecular flexibility index (Phi) is 5.26. The molecule has 0 aromatic rings. The molecule has 0 saturated carbocycles. The molecule has 68 valence electrons. The smallest absolute Gasteiger partial charge is 0.126 e. The van der Waals surface area contributed by atoms with Gasteiger partial charge in [-0.05, 0) is 25.5 Å². The van der Waals surface area contributed by atoms with Gasteiger partial charge in [-0.3, -0.25) is 0 Å². The van der Waals surface area contributed by atoms with Crippen molar-refractivity contribution in [3.63, 3.8) is 0 Å². The second-order valence-corrected chi connectivity index (χ2v) is 2.31. The molecule has 0 aliphatic heterocycles. The van der Waals surface area contributed by atoms with Crippen molar-refractivity contribution in [2.45, 2.75) is 27.2 Å². The van der Waals surface area contributed by atoms with E-state index in [-0.39, 0.29) is 0 Å². The van der Waals surface area contributed by atoms with Crippen LogP contribution in [0.1, 0.15) is 27.2 Å². The van der Waals surface area contributed by atoms with Crippen LogP contribution in [0, 0.1) is 0 Å². The minimum Gasteiger partial charge on any atom is -0.207 e. The van der Waals surface area contributed by atoms with Crippen molar-refractivity contribution in [2.75, 3.05) is 0 Å². The van der Waals surface area contributed by atoms with Crippen molar-refractivity contribution >= 4 is 0 Å². The van der Waals surface area contributed by atoms with E-state index in [0.29, 0.717) is 6.42 Å². The van der Waals surface area contributed by atoms with E-state index < -0.39 is 11.7 Å². The molecule has 0 aromatic heterocycles. The Labute approximate surface area is 72.3 Å². The molecule has 0 heterocycles. The number of halogens is 2. The molecule has 0 radical (unpaired) electrons. The Balaban J connectivity index is 0.000000561. The summed E-state index contributed by atoms with van der Waals surface area (Å²) in [6.45, 7) is 5.77. The van der Waals surface area contributed by atoms with Crippen molar-refractivity contribution in [2.24, 2.45) is 0 Å². The van der Waals surface area contributed by atoms with E-state index in [2.05, 4.69) is 0 Å². The van der Waals surface area contributed by atoms with Gasteiger partial charge >= 0.3 is 0 Å². The zero-order valence-electron chi connectivity index (χ0n) is 7.70. The first-order chi connectivity index (χ1) is 5.68. The SMILES string of the molecule is CC.CC1=CC(F)=CC(F)=CC1. The summed E-state index contributed by atoms with van der Waals surface area (Å²) in [4.78, 5) is 0. The van der Waals surface area contributed by atoms with Gasteiger partial charge in [0.2, 0.25) is 0 Å². The van der Waals surface area contributed by atoms with Crippen LogP contribution in [0.3, 0.4) is 0 Å². The van der Waals surface area contributed by atoms with Gasteiger partial charge in [0.25, 0.3) is 0 Å². The van der Waals surface area contributed by atoms with Gasteiger partial charge in [-0.1, -0.05) is 19.4 Å². The summed E-state index contributed by atoms with van der Waals surface area (Å²) in [6.07, 6.45) is 4.08. The van der Waals surface area contributed by atoms with Crippen LogP contribution in [-0.2, 0) is 0 Å². The molecule has 0 bridgehead atoms. The maximum atomic E-state index is 12.4. The summed E-state index contributed by atoms with van der Waals surface area (Å²) in [5.41, 5.74) is 0.835.